The lowest BCUT2D eigenvalue weighted by Gasteiger charge is -2.14. The average molecular weight is 221 g/mol. The lowest BCUT2D eigenvalue weighted by atomic mass is 10.3. The van der Waals surface area contributed by atoms with Gasteiger partial charge in [0.15, 0.2) is 0 Å². The number of hydrogen-bond acceptors (Lipinski definition) is 1. The van der Waals surface area contributed by atoms with Gasteiger partial charge in [0.1, 0.15) is 6.67 Å². The van der Waals surface area contributed by atoms with Crippen LogP contribution >= 0.6 is 0 Å². The number of unbranched alkanes of at least 4 members (excludes halogenated alkanes) is 2. The molecule has 0 spiro atoms. The predicted octanol–water partition coefficient (Wildman–Crippen LogP) is -2.25. The first-order valence-electron chi connectivity index (χ1n) is 5.92. The molecule has 3 heteroatoms. The third-order valence-electron chi connectivity index (χ3n) is 2.94. The summed E-state index contributed by atoms with van der Waals surface area (Å²) < 4.78 is 0. The summed E-state index contributed by atoms with van der Waals surface area (Å²) in [5, 5.41) is 0. The van der Waals surface area contributed by atoms with E-state index in [2.05, 4.69) is 18.7 Å². The SMILES string of the molecule is CCCCN1CC[NH+](CCCC)C1.[Cl-]. The van der Waals surface area contributed by atoms with Gasteiger partial charge in [-0.25, -0.2) is 0 Å². The minimum Gasteiger partial charge on any atom is -1.00 e. The van der Waals surface area contributed by atoms with Crippen LogP contribution in [0.1, 0.15) is 39.5 Å². The largest absolute Gasteiger partial charge is 1.00 e. The van der Waals surface area contributed by atoms with E-state index in [1.807, 2.05) is 0 Å². The van der Waals surface area contributed by atoms with Crippen LogP contribution in [0.25, 0.3) is 0 Å². The second-order valence-corrected chi connectivity index (χ2v) is 4.23. The molecule has 1 aliphatic heterocycles. The van der Waals surface area contributed by atoms with Crippen molar-refractivity contribution < 1.29 is 17.3 Å². The monoisotopic (exact) mass is 220 g/mol. The van der Waals surface area contributed by atoms with E-state index in [0.29, 0.717) is 0 Å². The van der Waals surface area contributed by atoms with Crippen molar-refractivity contribution in [3.05, 3.63) is 0 Å². The smallest absolute Gasteiger partial charge is 0.133 e. The van der Waals surface area contributed by atoms with Crippen LogP contribution in [0, 0.1) is 0 Å². The van der Waals surface area contributed by atoms with Crippen molar-refractivity contribution >= 4 is 0 Å². The molecule has 0 saturated carbocycles. The molecule has 14 heavy (non-hydrogen) atoms. The maximum absolute atomic E-state index is 2.62. The third-order valence-corrected chi connectivity index (χ3v) is 2.94. The lowest BCUT2D eigenvalue weighted by molar-refractivity contribution is -0.892. The molecular weight excluding hydrogens is 196 g/mol. The summed E-state index contributed by atoms with van der Waals surface area (Å²) in [6.07, 6.45) is 5.46. The second kappa shape index (κ2) is 8.51. The molecule has 0 aliphatic carbocycles. The van der Waals surface area contributed by atoms with Crippen molar-refractivity contribution in [1.82, 2.24) is 4.90 Å². The van der Waals surface area contributed by atoms with Gasteiger partial charge in [-0.05, 0) is 12.8 Å². The van der Waals surface area contributed by atoms with Gasteiger partial charge in [-0.1, -0.05) is 26.7 Å². The molecule has 1 aliphatic rings. The van der Waals surface area contributed by atoms with Crippen molar-refractivity contribution in [2.45, 2.75) is 39.5 Å². The summed E-state index contributed by atoms with van der Waals surface area (Å²) in [4.78, 5) is 4.42. The van der Waals surface area contributed by atoms with E-state index in [0.717, 1.165) is 0 Å². The molecule has 1 saturated heterocycles. The van der Waals surface area contributed by atoms with E-state index in [-0.39, 0.29) is 12.4 Å². The van der Waals surface area contributed by atoms with Crippen LogP contribution in [0.5, 0.6) is 0 Å². The van der Waals surface area contributed by atoms with E-state index in [9.17, 15) is 0 Å². The summed E-state index contributed by atoms with van der Waals surface area (Å²) in [7, 11) is 0. The van der Waals surface area contributed by atoms with Crippen molar-refractivity contribution in [2.24, 2.45) is 0 Å². The van der Waals surface area contributed by atoms with Crippen LogP contribution in [0.3, 0.4) is 0 Å². The zero-order valence-electron chi connectivity index (χ0n) is 9.69. The van der Waals surface area contributed by atoms with Crippen molar-refractivity contribution in [2.75, 3.05) is 32.8 Å². The fourth-order valence-electron chi connectivity index (χ4n) is 1.99. The third kappa shape index (κ3) is 5.18. The van der Waals surface area contributed by atoms with Crippen LogP contribution < -0.4 is 17.3 Å². The Bertz CT molecular complexity index is 116. The zero-order valence-corrected chi connectivity index (χ0v) is 10.4. The standard InChI is InChI=1S/C11H24N2.ClH/c1-3-5-7-12-9-10-13(11-12)8-6-4-2;/h3-11H2,1-2H3;1H. The van der Waals surface area contributed by atoms with Crippen LogP contribution in [0.15, 0.2) is 0 Å². The number of nitrogens with one attached hydrogen (secondary N) is 1. The second-order valence-electron chi connectivity index (χ2n) is 4.23. The van der Waals surface area contributed by atoms with Gasteiger partial charge in [0.2, 0.25) is 0 Å². The number of nitrogens with zero attached hydrogens (tertiary/aromatic N) is 1. The summed E-state index contributed by atoms with van der Waals surface area (Å²) in [5.74, 6) is 0. The molecule has 1 rings (SSSR count). The van der Waals surface area contributed by atoms with Gasteiger partial charge in [-0.15, -0.1) is 0 Å². The molecule has 1 heterocycles. The Hall–Kier alpha value is 0.210. The summed E-state index contributed by atoms with van der Waals surface area (Å²) in [5.41, 5.74) is 0. The molecule has 1 N–H and O–H groups in total. The maximum Gasteiger partial charge on any atom is 0.133 e. The Morgan fingerprint density at radius 2 is 1.86 bits per heavy atom. The van der Waals surface area contributed by atoms with E-state index in [1.165, 1.54) is 58.5 Å². The molecule has 1 unspecified atom stereocenters. The van der Waals surface area contributed by atoms with Gasteiger partial charge in [0, 0.05) is 6.54 Å². The first kappa shape index (κ1) is 14.2. The van der Waals surface area contributed by atoms with E-state index < -0.39 is 0 Å². The first-order chi connectivity index (χ1) is 6.36. The van der Waals surface area contributed by atoms with E-state index >= 15 is 0 Å². The van der Waals surface area contributed by atoms with Crippen LogP contribution in [-0.4, -0.2) is 37.7 Å². The fraction of sp³-hybridized carbons (Fsp3) is 1.00. The Morgan fingerprint density at radius 3 is 2.50 bits per heavy atom. The topological polar surface area (TPSA) is 7.68 Å². The Kier molecular flexibility index (Phi) is 8.64. The Morgan fingerprint density at radius 1 is 1.14 bits per heavy atom. The van der Waals surface area contributed by atoms with Crippen molar-refractivity contribution in [3.63, 3.8) is 0 Å². The summed E-state index contributed by atoms with van der Waals surface area (Å²) >= 11 is 0. The molecule has 86 valence electrons. The summed E-state index contributed by atoms with van der Waals surface area (Å²) in [6, 6.07) is 0. The highest BCUT2D eigenvalue weighted by Gasteiger charge is 2.21. The average Bonchev–Trinajstić information content (AvgIpc) is 2.59. The lowest BCUT2D eigenvalue weighted by Crippen LogP contribution is -3.10. The highest BCUT2D eigenvalue weighted by molar-refractivity contribution is 4.56. The van der Waals surface area contributed by atoms with Crippen LogP contribution in [0.4, 0.5) is 0 Å². The zero-order chi connectivity index (χ0) is 9.52. The van der Waals surface area contributed by atoms with Gasteiger partial charge in [0.05, 0.1) is 19.6 Å². The number of quaternary nitrogens is 1. The van der Waals surface area contributed by atoms with Crippen LogP contribution in [-0.2, 0) is 0 Å². The normalized spacial score (nSPS) is 22.3. The first-order valence-corrected chi connectivity index (χ1v) is 5.92. The quantitative estimate of drug-likeness (QED) is 0.532. The number of halogens is 1. The Labute approximate surface area is 95.1 Å². The molecule has 0 bridgehead atoms. The molecule has 0 aromatic rings. The van der Waals surface area contributed by atoms with E-state index in [4.69, 9.17) is 0 Å². The highest BCUT2D eigenvalue weighted by atomic mass is 35.5. The molecular formula is C11H25ClN2. The number of rotatable bonds is 6. The number of hydrogen-bond donors (Lipinski definition) is 1. The minimum absolute atomic E-state index is 0. The minimum atomic E-state index is 0. The Balaban J connectivity index is 0.00000169. The fourth-order valence-corrected chi connectivity index (χ4v) is 1.99. The van der Waals surface area contributed by atoms with Gasteiger partial charge < -0.3 is 17.3 Å². The van der Waals surface area contributed by atoms with Crippen molar-refractivity contribution in [3.8, 4) is 0 Å². The predicted molar refractivity (Wildman–Crippen MR) is 57.0 cm³/mol. The molecule has 2 nitrogen and oxygen atoms in total. The molecule has 1 atom stereocenters. The molecule has 0 radical (unpaired) electrons. The van der Waals surface area contributed by atoms with Gasteiger partial charge in [-0.3, -0.25) is 4.90 Å². The van der Waals surface area contributed by atoms with Gasteiger partial charge in [-0.2, -0.15) is 0 Å². The summed E-state index contributed by atoms with van der Waals surface area (Å²) in [6.45, 7) is 11.3. The van der Waals surface area contributed by atoms with Gasteiger partial charge in [0.25, 0.3) is 0 Å². The molecule has 0 amide bonds. The molecule has 0 aromatic carbocycles. The maximum atomic E-state index is 2.62. The van der Waals surface area contributed by atoms with E-state index in [1.54, 1.807) is 4.90 Å². The molecule has 1 fully saturated rings. The molecule has 0 aromatic heterocycles. The highest BCUT2D eigenvalue weighted by Crippen LogP contribution is 1.94. The van der Waals surface area contributed by atoms with Crippen LogP contribution in [0.2, 0.25) is 0 Å². The van der Waals surface area contributed by atoms with Gasteiger partial charge >= 0.3 is 0 Å². The van der Waals surface area contributed by atoms with Crippen molar-refractivity contribution in [1.29, 1.82) is 0 Å².